The lowest BCUT2D eigenvalue weighted by Crippen LogP contribution is -2.06. The number of ketones is 1. The summed E-state index contributed by atoms with van der Waals surface area (Å²) in [6.07, 6.45) is 1.73. The molecule has 2 heterocycles. The first-order chi connectivity index (χ1) is 14.0. The number of fused-ring (bicyclic) bond motifs is 1. The van der Waals surface area contributed by atoms with Crippen LogP contribution in [-0.4, -0.2) is 16.9 Å². The van der Waals surface area contributed by atoms with E-state index in [1.807, 2.05) is 57.2 Å². The number of allylic oxidation sites excluding steroid dienone is 1. The fourth-order valence-corrected chi connectivity index (χ4v) is 3.00. The fraction of sp³-hybridized carbons (Fsp3) is 0.167. The van der Waals surface area contributed by atoms with Gasteiger partial charge in [-0.05, 0) is 75.4 Å². The molecule has 0 saturated carbocycles. The molecule has 5 nitrogen and oxygen atoms in total. The van der Waals surface area contributed by atoms with Crippen molar-refractivity contribution in [2.75, 3.05) is 0 Å². The maximum Gasteiger partial charge on any atom is 0.231 e. The molecule has 0 fully saturated rings. The summed E-state index contributed by atoms with van der Waals surface area (Å²) in [5.41, 5.74) is 2.15. The molecule has 0 bridgehead atoms. The fourth-order valence-electron chi connectivity index (χ4n) is 3.00. The van der Waals surface area contributed by atoms with E-state index in [4.69, 9.17) is 13.6 Å². The number of carbonyl (C=O) groups is 1. The molecule has 4 aromatic rings. The summed E-state index contributed by atoms with van der Waals surface area (Å²) in [5.74, 6) is 2.09. The third kappa shape index (κ3) is 4.14. The Morgan fingerprint density at radius 3 is 2.41 bits per heavy atom. The van der Waals surface area contributed by atoms with E-state index in [0.29, 0.717) is 33.7 Å². The number of nitrogens with zero attached hydrogens (tertiary/aromatic N) is 1. The Balaban J connectivity index is 1.75. The minimum absolute atomic E-state index is 0.0638. The van der Waals surface area contributed by atoms with Crippen LogP contribution in [0.5, 0.6) is 5.75 Å². The molecule has 0 atom stereocenters. The monoisotopic (exact) mass is 387 g/mol. The predicted molar refractivity (Wildman–Crippen MR) is 112 cm³/mol. The first kappa shape index (κ1) is 18.7. The number of hydrogen-bond acceptors (Lipinski definition) is 5. The van der Waals surface area contributed by atoms with E-state index in [1.165, 1.54) is 0 Å². The topological polar surface area (TPSA) is 65.5 Å². The minimum atomic E-state index is -0.207. The van der Waals surface area contributed by atoms with Gasteiger partial charge in [0.25, 0.3) is 0 Å². The van der Waals surface area contributed by atoms with Gasteiger partial charge in [-0.3, -0.25) is 4.79 Å². The Morgan fingerprint density at radius 2 is 1.76 bits per heavy atom. The summed E-state index contributed by atoms with van der Waals surface area (Å²) in [6.45, 7) is 5.77. The van der Waals surface area contributed by atoms with Crippen LogP contribution in [0.1, 0.15) is 41.6 Å². The second kappa shape index (κ2) is 7.80. The van der Waals surface area contributed by atoms with E-state index in [-0.39, 0.29) is 17.8 Å². The van der Waals surface area contributed by atoms with Crippen LogP contribution in [0.25, 0.3) is 22.7 Å². The van der Waals surface area contributed by atoms with E-state index in [2.05, 4.69) is 4.98 Å². The maximum absolute atomic E-state index is 13.3. The molecule has 4 rings (SSSR count). The standard InChI is InChI=1S/C24H21NO4/c1-15(2)27-18-12-9-17(10-13-18)23(26)20(14-19-11-8-16(3)28-19)24-25-21-6-4-5-7-22(21)29-24/h4-15H,1-3H3/b20-14+. The van der Waals surface area contributed by atoms with Crippen LogP contribution >= 0.6 is 0 Å². The minimum Gasteiger partial charge on any atom is -0.491 e. The summed E-state index contributed by atoms with van der Waals surface area (Å²) in [4.78, 5) is 17.8. The van der Waals surface area contributed by atoms with Gasteiger partial charge >= 0.3 is 0 Å². The number of aromatic nitrogens is 1. The molecule has 0 aliphatic heterocycles. The Bertz CT molecular complexity index is 1150. The normalized spacial score (nSPS) is 11.9. The van der Waals surface area contributed by atoms with Gasteiger partial charge in [0.05, 0.1) is 11.7 Å². The predicted octanol–water partition coefficient (Wildman–Crippen LogP) is 5.94. The van der Waals surface area contributed by atoms with Crippen molar-refractivity contribution in [2.24, 2.45) is 0 Å². The van der Waals surface area contributed by atoms with Gasteiger partial charge in [-0.25, -0.2) is 4.98 Å². The van der Waals surface area contributed by atoms with Crippen molar-refractivity contribution in [3.63, 3.8) is 0 Å². The quantitative estimate of drug-likeness (QED) is 0.303. The second-order valence-corrected chi connectivity index (χ2v) is 7.01. The lowest BCUT2D eigenvalue weighted by molar-refractivity contribution is 0.105. The van der Waals surface area contributed by atoms with Crippen LogP contribution in [0.4, 0.5) is 0 Å². The van der Waals surface area contributed by atoms with Crippen LogP contribution in [0.2, 0.25) is 0 Å². The number of aryl methyl sites for hydroxylation is 1. The molecule has 0 N–H and O–H groups in total. The van der Waals surface area contributed by atoms with E-state index in [9.17, 15) is 4.79 Å². The zero-order valence-corrected chi connectivity index (χ0v) is 16.5. The first-order valence-corrected chi connectivity index (χ1v) is 9.45. The summed E-state index contributed by atoms with van der Waals surface area (Å²) in [5, 5.41) is 0. The Kier molecular flexibility index (Phi) is 5.04. The lowest BCUT2D eigenvalue weighted by Gasteiger charge is -2.10. The smallest absolute Gasteiger partial charge is 0.231 e. The number of ether oxygens (including phenoxy) is 1. The molecule has 29 heavy (non-hydrogen) atoms. The van der Waals surface area contributed by atoms with Gasteiger partial charge in [0.1, 0.15) is 22.8 Å². The molecule has 0 radical (unpaired) electrons. The van der Waals surface area contributed by atoms with Gasteiger partial charge in [0.2, 0.25) is 5.89 Å². The van der Waals surface area contributed by atoms with Crippen molar-refractivity contribution in [2.45, 2.75) is 26.9 Å². The van der Waals surface area contributed by atoms with Crippen molar-refractivity contribution in [1.82, 2.24) is 4.98 Å². The maximum atomic E-state index is 13.3. The van der Waals surface area contributed by atoms with Crippen LogP contribution in [0.15, 0.2) is 69.5 Å². The summed E-state index contributed by atoms with van der Waals surface area (Å²) in [6, 6.07) is 18.1. The van der Waals surface area contributed by atoms with Gasteiger partial charge in [-0.2, -0.15) is 0 Å². The van der Waals surface area contributed by atoms with Crippen molar-refractivity contribution in [3.8, 4) is 5.75 Å². The molecule has 0 unspecified atom stereocenters. The van der Waals surface area contributed by atoms with Crippen LogP contribution in [-0.2, 0) is 0 Å². The molecule has 2 aromatic heterocycles. The number of rotatable bonds is 6. The van der Waals surface area contributed by atoms with Gasteiger partial charge in [0, 0.05) is 5.56 Å². The van der Waals surface area contributed by atoms with E-state index < -0.39 is 0 Å². The van der Waals surface area contributed by atoms with Crippen molar-refractivity contribution < 1.29 is 18.4 Å². The zero-order chi connectivity index (χ0) is 20.4. The summed E-state index contributed by atoms with van der Waals surface area (Å²) < 4.78 is 17.2. The van der Waals surface area contributed by atoms with E-state index in [1.54, 1.807) is 30.3 Å². The number of furan rings is 1. The molecule has 2 aromatic carbocycles. The highest BCUT2D eigenvalue weighted by Crippen LogP contribution is 2.27. The number of benzene rings is 2. The van der Waals surface area contributed by atoms with E-state index in [0.717, 1.165) is 5.76 Å². The molecule has 146 valence electrons. The van der Waals surface area contributed by atoms with Crippen molar-refractivity contribution >= 4 is 28.5 Å². The SMILES string of the molecule is Cc1ccc(/C=C(\C(=O)c2ccc(OC(C)C)cc2)c2nc3ccccc3o2)o1. The molecule has 0 aliphatic carbocycles. The van der Waals surface area contributed by atoms with Crippen LogP contribution in [0.3, 0.4) is 0 Å². The Hall–Kier alpha value is -3.60. The van der Waals surface area contributed by atoms with E-state index >= 15 is 0 Å². The molecular formula is C24H21NO4. The lowest BCUT2D eigenvalue weighted by atomic mass is 10.0. The number of oxazole rings is 1. The van der Waals surface area contributed by atoms with Gasteiger partial charge in [-0.15, -0.1) is 0 Å². The molecule has 0 saturated heterocycles. The third-order valence-corrected chi connectivity index (χ3v) is 4.30. The Morgan fingerprint density at radius 1 is 1.00 bits per heavy atom. The Labute approximate surface area is 168 Å². The molecule has 0 amide bonds. The second-order valence-electron chi connectivity index (χ2n) is 7.01. The molecule has 0 aliphatic rings. The molecule has 0 spiro atoms. The molecular weight excluding hydrogens is 366 g/mol. The third-order valence-electron chi connectivity index (χ3n) is 4.30. The van der Waals surface area contributed by atoms with Crippen LogP contribution < -0.4 is 4.74 Å². The van der Waals surface area contributed by atoms with Gasteiger partial charge < -0.3 is 13.6 Å². The highest BCUT2D eigenvalue weighted by molar-refractivity contribution is 6.31. The average molecular weight is 387 g/mol. The first-order valence-electron chi connectivity index (χ1n) is 9.45. The largest absolute Gasteiger partial charge is 0.491 e. The van der Waals surface area contributed by atoms with Crippen LogP contribution in [0, 0.1) is 6.92 Å². The summed E-state index contributed by atoms with van der Waals surface area (Å²) in [7, 11) is 0. The zero-order valence-electron chi connectivity index (χ0n) is 16.5. The van der Waals surface area contributed by atoms with Gasteiger partial charge in [0.15, 0.2) is 11.4 Å². The highest BCUT2D eigenvalue weighted by Gasteiger charge is 2.21. The average Bonchev–Trinajstić information content (AvgIpc) is 3.31. The highest BCUT2D eigenvalue weighted by atomic mass is 16.5. The molecule has 5 heteroatoms. The van der Waals surface area contributed by atoms with Crippen molar-refractivity contribution in [3.05, 3.63) is 83.6 Å². The summed E-state index contributed by atoms with van der Waals surface area (Å²) >= 11 is 0. The number of hydrogen-bond donors (Lipinski definition) is 0. The van der Waals surface area contributed by atoms with Crippen molar-refractivity contribution in [1.29, 1.82) is 0 Å². The number of para-hydroxylation sites is 2. The van der Waals surface area contributed by atoms with Gasteiger partial charge in [-0.1, -0.05) is 12.1 Å². The number of carbonyl (C=O) groups excluding carboxylic acids is 1. The number of Topliss-reactive ketones (excluding diaryl/α,β-unsaturated/α-hetero) is 1.